The third-order valence-electron chi connectivity index (χ3n) is 3.33. The molecule has 1 fully saturated rings. The number of amides is 1. The summed E-state index contributed by atoms with van der Waals surface area (Å²) in [5.41, 5.74) is -0.298. The zero-order chi connectivity index (χ0) is 17.9. The average molecular weight is 367 g/mol. The van der Waals surface area contributed by atoms with Crippen LogP contribution < -0.4 is 5.32 Å². The first-order valence-corrected chi connectivity index (χ1v) is 8.08. The topological polar surface area (TPSA) is 67.0 Å². The third kappa shape index (κ3) is 4.50. The molecule has 1 aliphatic heterocycles. The van der Waals surface area contributed by atoms with Gasteiger partial charge in [0.2, 0.25) is 5.91 Å². The maximum Gasteiger partial charge on any atom is 0.416 e. The predicted octanol–water partition coefficient (Wildman–Crippen LogP) is 3.46. The van der Waals surface area contributed by atoms with Gasteiger partial charge in [0.05, 0.1) is 23.3 Å². The van der Waals surface area contributed by atoms with E-state index in [0.717, 1.165) is 23.9 Å². The molecule has 3 rings (SSSR count). The summed E-state index contributed by atoms with van der Waals surface area (Å²) in [6.45, 7) is 0. The Bertz CT molecular complexity index is 816. The Morgan fingerprint density at radius 2 is 2.12 bits per heavy atom. The van der Waals surface area contributed by atoms with Crippen molar-refractivity contribution in [1.29, 1.82) is 0 Å². The van der Waals surface area contributed by atoms with Gasteiger partial charge in [0.1, 0.15) is 5.76 Å². The van der Waals surface area contributed by atoms with Crippen molar-refractivity contribution in [3.05, 3.63) is 59.5 Å². The third-order valence-corrected chi connectivity index (χ3v) is 4.40. The van der Waals surface area contributed by atoms with E-state index in [0.29, 0.717) is 16.5 Å². The number of amidine groups is 1. The van der Waals surface area contributed by atoms with Crippen molar-refractivity contribution in [2.75, 3.05) is 0 Å². The summed E-state index contributed by atoms with van der Waals surface area (Å²) in [7, 11) is 0. The molecule has 0 spiro atoms. The first-order chi connectivity index (χ1) is 11.9. The number of hydrogen-bond acceptors (Lipinski definition) is 5. The van der Waals surface area contributed by atoms with Gasteiger partial charge in [-0.05, 0) is 30.2 Å². The van der Waals surface area contributed by atoms with E-state index in [4.69, 9.17) is 4.42 Å². The van der Waals surface area contributed by atoms with Gasteiger partial charge in [0, 0.05) is 0 Å². The van der Waals surface area contributed by atoms with E-state index >= 15 is 0 Å². The minimum absolute atomic E-state index is 0.168. The van der Waals surface area contributed by atoms with E-state index in [9.17, 15) is 18.0 Å². The maximum atomic E-state index is 12.7. The molecule has 2 aromatic rings. The van der Waals surface area contributed by atoms with Crippen molar-refractivity contribution in [2.24, 2.45) is 10.2 Å². The van der Waals surface area contributed by atoms with Crippen LogP contribution in [0.4, 0.5) is 13.2 Å². The largest absolute Gasteiger partial charge is 0.463 e. The molecule has 0 saturated carbocycles. The van der Waals surface area contributed by atoms with E-state index in [2.05, 4.69) is 15.5 Å². The monoisotopic (exact) mass is 367 g/mol. The Balaban J connectivity index is 1.65. The lowest BCUT2D eigenvalue weighted by molar-refractivity contribution is -0.137. The normalized spacial score (nSPS) is 19.7. The van der Waals surface area contributed by atoms with Gasteiger partial charge in [-0.15, -0.1) is 5.10 Å². The molecule has 5 nitrogen and oxygen atoms in total. The molecule has 0 aliphatic carbocycles. The molecule has 2 heterocycles. The molecule has 25 heavy (non-hydrogen) atoms. The van der Waals surface area contributed by atoms with Crippen LogP contribution in [0.1, 0.15) is 16.9 Å². The maximum absolute atomic E-state index is 12.7. The van der Waals surface area contributed by atoms with Crippen LogP contribution in [0.5, 0.6) is 0 Å². The number of benzene rings is 1. The molecule has 0 unspecified atom stereocenters. The van der Waals surface area contributed by atoms with E-state index in [1.54, 1.807) is 18.2 Å². The molecule has 1 amide bonds. The van der Waals surface area contributed by atoms with Crippen LogP contribution in [0.2, 0.25) is 0 Å². The summed E-state index contributed by atoms with van der Waals surface area (Å²) in [5.74, 6) is 0.202. The lowest BCUT2D eigenvalue weighted by atomic mass is 10.1. The lowest BCUT2D eigenvalue weighted by Crippen LogP contribution is -2.26. The molecule has 1 aromatic carbocycles. The standard InChI is InChI=1S/C16H12F3N3O2S/c17-16(18,19)11-4-1-3-10(7-11)8-13-14(23)21-15(25-13)22-20-9-12-5-2-6-24-12/h1-7,9,13H,8H2,(H,21,22,23)/b20-9-/t13-/m1/s1. The second-order valence-corrected chi connectivity index (χ2v) is 6.35. The number of carbonyl (C=O) groups excluding carboxylic acids is 1. The highest BCUT2D eigenvalue weighted by molar-refractivity contribution is 8.15. The summed E-state index contributed by atoms with van der Waals surface area (Å²) in [6.07, 6.45) is -1.36. The molecular weight excluding hydrogens is 355 g/mol. The predicted molar refractivity (Wildman–Crippen MR) is 88.4 cm³/mol. The summed E-state index contributed by atoms with van der Waals surface area (Å²) < 4.78 is 43.3. The number of hydrogen-bond donors (Lipinski definition) is 1. The van der Waals surface area contributed by atoms with Crippen LogP contribution in [-0.4, -0.2) is 22.5 Å². The molecule has 1 aromatic heterocycles. The van der Waals surface area contributed by atoms with Crippen LogP contribution in [-0.2, 0) is 17.4 Å². The number of thioether (sulfide) groups is 1. The molecule has 1 atom stereocenters. The lowest BCUT2D eigenvalue weighted by Gasteiger charge is -2.10. The Morgan fingerprint density at radius 3 is 2.84 bits per heavy atom. The Hall–Kier alpha value is -2.55. The van der Waals surface area contributed by atoms with Crippen LogP contribution in [0.25, 0.3) is 0 Å². The van der Waals surface area contributed by atoms with E-state index in [1.807, 2.05) is 0 Å². The molecule has 1 saturated heterocycles. The quantitative estimate of drug-likeness (QED) is 0.665. The van der Waals surface area contributed by atoms with E-state index < -0.39 is 17.0 Å². The van der Waals surface area contributed by atoms with Crippen molar-refractivity contribution in [2.45, 2.75) is 17.8 Å². The minimum atomic E-state index is -4.41. The smallest absolute Gasteiger partial charge is 0.416 e. The fraction of sp³-hybridized carbons (Fsp3) is 0.188. The van der Waals surface area contributed by atoms with Crippen molar-refractivity contribution < 1.29 is 22.4 Å². The van der Waals surface area contributed by atoms with E-state index in [-0.39, 0.29) is 12.3 Å². The number of carbonyl (C=O) groups is 1. The minimum Gasteiger partial charge on any atom is -0.463 e. The van der Waals surface area contributed by atoms with Crippen molar-refractivity contribution >= 4 is 29.1 Å². The fourth-order valence-corrected chi connectivity index (χ4v) is 3.14. The number of nitrogens with zero attached hydrogens (tertiary/aromatic N) is 2. The summed E-state index contributed by atoms with van der Waals surface area (Å²) in [6, 6.07) is 8.34. The highest BCUT2D eigenvalue weighted by atomic mass is 32.2. The molecular formula is C16H12F3N3O2S. The molecule has 130 valence electrons. The van der Waals surface area contributed by atoms with Gasteiger partial charge in [0.15, 0.2) is 5.17 Å². The van der Waals surface area contributed by atoms with E-state index in [1.165, 1.54) is 18.5 Å². The SMILES string of the molecule is O=C1N/C(=N/N=C\c2ccco2)S[C@@H]1Cc1cccc(C(F)(F)F)c1. The van der Waals surface area contributed by atoms with Gasteiger partial charge in [-0.1, -0.05) is 30.0 Å². The summed E-state index contributed by atoms with van der Waals surface area (Å²) in [4.78, 5) is 12.0. The van der Waals surface area contributed by atoms with Crippen LogP contribution >= 0.6 is 11.8 Å². The summed E-state index contributed by atoms with van der Waals surface area (Å²) in [5, 5.41) is 9.98. The molecule has 0 bridgehead atoms. The van der Waals surface area contributed by atoms with Crippen LogP contribution in [0.3, 0.4) is 0 Å². The van der Waals surface area contributed by atoms with Gasteiger partial charge in [-0.3, -0.25) is 4.79 Å². The number of furan rings is 1. The summed E-state index contributed by atoms with van der Waals surface area (Å²) >= 11 is 1.13. The number of halogens is 3. The molecule has 1 N–H and O–H groups in total. The fourth-order valence-electron chi connectivity index (χ4n) is 2.18. The molecule has 0 radical (unpaired) electrons. The second kappa shape index (κ2) is 7.14. The van der Waals surface area contributed by atoms with Gasteiger partial charge >= 0.3 is 6.18 Å². The number of rotatable bonds is 4. The first-order valence-electron chi connectivity index (χ1n) is 7.20. The Morgan fingerprint density at radius 1 is 1.28 bits per heavy atom. The van der Waals surface area contributed by atoms with Gasteiger partial charge in [-0.25, -0.2) is 0 Å². The Labute approximate surface area is 145 Å². The highest BCUT2D eigenvalue weighted by Gasteiger charge is 2.33. The van der Waals surface area contributed by atoms with Crippen LogP contribution in [0, 0.1) is 0 Å². The number of nitrogens with one attached hydrogen (secondary N) is 1. The van der Waals surface area contributed by atoms with Crippen LogP contribution in [0.15, 0.2) is 57.3 Å². The zero-order valence-electron chi connectivity index (χ0n) is 12.7. The Kier molecular flexibility index (Phi) is 4.93. The van der Waals surface area contributed by atoms with Gasteiger partial charge in [-0.2, -0.15) is 18.3 Å². The first kappa shape index (κ1) is 17.3. The highest BCUT2D eigenvalue weighted by Crippen LogP contribution is 2.31. The zero-order valence-corrected chi connectivity index (χ0v) is 13.5. The van der Waals surface area contributed by atoms with Gasteiger partial charge < -0.3 is 9.73 Å². The van der Waals surface area contributed by atoms with Crippen molar-refractivity contribution in [3.8, 4) is 0 Å². The van der Waals surface area contributed by atoms with Gasteiger partial charge in [0.25, 0.3) is 0 Å². The molecule has 1 aliphatic rings. The second-order valence-electron chi connectivity index (χ2n) is 5.16. The average Bonchev–Trinajstić information content (AvgIpc) is 3.18. The number of alkyl halides is 3. The van der Waals surface area contributed by atoms with Crippen molar-refractivity contribution in [1.82, 2.24) is 5.32 Å². The van der Waals surface area contributed by atoms with Crippen molar-refractivity contribution in [3.63, 3.8) is 0 Å². The molecule has 9 heteroatoms.